The molecule has 1 aromatic rings. The highest BCUT2D eigenvalue weighted by molar-refractivity contribution is 6.40. The molecule has 0 spiro atoms. The number of benzene rings is 1. The summed E-state index contributed by atoms with van der Waals surface area (Å²) >= 11 is 0. The van der Waals surface area contributed by atoms with Crippen LogP contribution in [0.15, 0.2) is 6.07 Å². The van der Waals surface area contributed by atoms with E-state index in [0.29, 0.717) is 0 Å². The molecular formula is C11H10F2O5. The van der Waals surface area contributed by atoms with Crippen molar-refractivity contribution in [1.29, 1.82) is 0 Å². The molecule has 0 atom stereocenters. The van der Waals surface area contributed by atoms with Crippen LogP contribution in [0, 0.1) is 11.6 Å². The van der Waals surface area contributed by atoms with Crippen LogP contribution in [0.4, 0.5) is 8.78 Å². The van der Waals surface area contributed by atoms with Gasteiger partial charge in [0, 0.05) is 6.07 Å². The van der Waals surface area contributed by atoms with Crippen molar-refractivity contribution in [1.82, 2.24) is 0 Å². The molecule has 98 valence electrons. The standard InChI is InChI=1S/C11H10F2O5/c1-3-18-6-4-5(17-2)8(12)7(9(6)13)10(14)11(15)16/h4H,3H2,1-2H3,(H,15,16). The third-order valence-corrected chi connectivity index (χ3v) is 2.07. The van der Waals surface area contributed by atoms with Crippen LogP contribution in [0.25, 0.3) is 0 Å². The summed E-state index contributed by atoms with van der Waals surface area (Å²) < 4.78 is 36.8. The van der Waals surface area contributed by atoms with E-state index in [-0.39, 0.29) is 6.61 Å². The molecule has 7 heteroatoms. The molecule has 18 heavy (non-hydrogen) atoms. The zero-order valence-corrected chi connectivity index (χ0v) is 9.62. The highest BCUT2D eigenvalue weighted by Crippen LogP contribution is 2.31. The van der Waals surface area contributed by atoms with Crippen molar-refractivity contribution in [2.24, 2.45) is 0 Å². The molecule has 0 bridgehead atoms. The topological polar surface area (TPSA) is 72.8 Å². The molecule has 0 amide bonds. The molecule has 1 N–H and O–H groups in total. The van der Waals surface area contributed by atoms with Crippen molar-refractivity contribution in [3.05, 3.63) is 23.3 Å². The van der Waals surface area contributed by atoms with Crippen LogP contribution in [0.2, 0.25) is 0 Å². The Morgan fingerprint density at radius 2 is 1.83 bits per heavy atom. The van der Waals surface area contributed by atoms with E-state index < -0.39 is 40.4 Å². The predicted molar refractivity (Wildman–Crippen MR) is 56.0 cm³/mol. The molecule has 0 heterocycles. The lowest BCUT2D eigenvalue weighted by molar-refractivity contribution is -0.131. The zero-order valence-electron chi connectivity index (χ0n) is 9.62. The van der Waals surface area contributed by atoms with Gasteiger partial charge in [0.05, 0.1) is 13.7 Å². The van der Waals surface area contributed by atoms with Crippen molar-refractivity contribution in [3.8, 4) is 11.5 Å². The molecule has 0 aliphatic heterocycles. The quantitative estimate of drug-likeness (QED) is 0.643. The summed E-state index contributed by atoms with van der Waals surface area (Å²) in [7, 11) is 1.10. The Labute approximate surface area is 101 Å². The second kappa shape index (κ2) is 5.44. The maximum atomic E-state index is 13.7. The number of carbonyl (C=O) groups is 2. The Balaban J connectivity index is 3.51. The van der Waals surface area contributed by atoms with Gasteiger partial charge in [0.15, 0.2) is 23.1 Å². The fraction of sp³-hybridized carbons (Fsp3) is 0.273. The zero-order chi connectivity index (χ0) is 13.9. The monoisotopic (exact) mass is 260 g/mol. The van der Waals surface area contributed by atoms with Gasteiger partial charge in [-0.2, -0.15) is 0 Å². The smallest absolute Gasteiger partial charge is 0.377 e. The third-order valence-electron chi connectivity index (χ3n) is 2.07. The van der Waals surface area contributed by atoms with Crippen LogP contribution >= 0.6 is 0 Å². The van der Waals surface area contributed by atoms with Crippen molar-refractivity contribution < 1.29 is 33.0 Å². The van der Waals surface area contributed by atoms with E-state index in [1.807, 2.05) is 0 Å². The number of carbonyl (C=O) groups excluding carboxylic acids is 1. The first-order valence-electron chi connectivity index (χ1n) is 4.90. The number of rotatable bonds is 5. The van der Waals surface area contributed by atoms with Gasteiger partial charge in [-0.15, -0.1) is 0 Å². The van der Waals surface area contributed by atoms with E-state index in [9.17, 15) is 18.4 Å². The summed E-state index contributed by atoms with van der Waals surface area (Å²) in [5.74, 6) is -7.31. The number of hydrogen-bond acceptors (Lipinski definition) is 4. The van der Waals surface area contributed by atoms with E-state index in [1.165, 1.54) is 0 Å². The van der Waals surface area contributed by atoms with Crippen LogP contribution in [0.3, 0.4) is 0 Å². The molecule has 0 fully saturated rings. The van der Waals surface area contributed by atoms with Crippen molar-refractivity contribution in [3.63, 3.8) is 0 Å². The minimum Gasteiger partial charge on any atom is -0.494 e. The number of methoxy groups -OCH3 is 1. The fourth-order valence-corrected chi connectivity index (χ4v) is 1.30. The number of carboxylic acids is 1. The summed E-state index contributed by atoms with van der Waals surface area (Å²) in [5, 5.41) is 8.50. The maximum Gasteiger partial charge on any atom is 0.377 e. The number of ketones is 1. The Kier molecular flexibility index (Phi) is 4.19. The highest BCUT2D eigenvalue weighted by Gasteiger charge is 2.29. The molecule has 1 aromatic carbocycles. The minimum absolute atomic E-state index is 0.0619. The van der Waals surface area contributed by atoms with Gasteiger partial charge in [-0.25, -0.2) is 13.6 Å². The average Bonchev–Trinajstić information content (AvgIpc) is 2.32. The molecule has 5 nitrogen and oxygen atoms in total. The van der Waals surface area contributed by atoms with Crippen molar-refractivity contribution in [2.75, 3.05) is 13.7 Å². The maximum absolute atomic E-state index is 13.7. The molecular weight excluding hydrogens is 250 g/mol. The third kappa shape index (κ3) is 2.39. The first kappa shape index (κ1) is 13.9. The SMILES string of the molecule is CCOc1cc(OC)c(F)c(C(=O)C(=O)O)c1F. The second-order valence-electron chi connectivity index (χ2n) is 3.15. The van der Waals surface area contributed by atoms with E-state index in [2.05, 4.69) is 4.74 Å². The van der Waals surface area contributed by atoms with Crippen molar-refractivity contribution in [2.45, 2.75) is 6.92 Å². The second-order valence-corrected chi connectivity index (χ2v) is 3.15. The predicted octanol–water partition coefficient (Wildman–Crippen LogP) is 1.64. The average molecular weight is 260 g/mol. The molecule has 0 saturated heterocycles. The fourth-order valence-electron chi connectivity index (χ4n) is 1.30. The highest BCUT2D eigenvalue weighted by atomic mass is 19.1. The van der Waals surface area contributed by atoms with E-state index >= 15 is 0 Å². The minimum atomic E-state index is -1.97. The van der Waals surface area contributed by atoms with Gasteiger partial charge in [-0.1, -0.05) is 0 Å². The Hall–Kier alpha value is -2.18. The Morgan fingerprint density at radius 1 is 1.28 bits per heavy atom. The number of ether oxygens (including phenoxy) is 2. The van der Waals surface area contributed by atoms with Crippen molar-refractivity contribution >= 4 is 11.8 Å². The van der Waals surface area contributed by atoms with Gasteiger partial charge in [0.2, 0.25) is 0 Å². The lowest BCUT2D eigenvalue weighted by atomic mass is 10.1. The van der Waals surface area contributed by atoms with Gasteiger partial charge < -0.3 is 14.6 Å². The lowest BCUT2D eigenvalue weighted by Crippen LogP contribution is -2.18. The van der Waals surface area contributed by atoms with Gasteiger partial charge in [0.1, 0.15) is 5.56 Å². The molecule has 0 saturated carbocycles. The van der Waals surface area contributed by atoms with Crippen LogP contribution in [0.1, 0.15) is 17.3 Å². The lowest BCUT2D eigenvalue weighted by Gasteiger charge is -2.11. The van der Waals surface area contributed by atoms with Crippen LogP contribution in [0.5, 0.6) is 11.5 Å². The Bertz CT molecular complexity index is 499. The van der Waals surface area contributed by atoms with E-state index in [4.69, 9.17) is 9.84 Å². The summed E-state index contributed by atoms with van der Waals surface area (Å²) in [6, 6.07) is 0.910. The molecule has 0 aromatic heterocycles. The van der Waals surface area contributed by atoms with Gasteiger partial charge in [-0.05, 0) is 6.92 Å². The summed E-state index contributed by atoms with van der Waals surface area (Å²) in [5.41, 5.74) is -1.20. The first-order chi connectivity index (χ1) is 8.43. The molecule has 1 rings (SSSR count). The van der Waals surface area contributed by atoms with E-state index in [1.54, 1.807) is 6.92 Å². The van der Waals surface area contributed by atoms with E-state index in [0.717, 1.165) is 13.2 Å². The summed E-state index contributed by atoms with van der Waals surface area (Å²) in [6.07, 6.45) is 0. The largest absolute Gasteiger partial charge is 0.494 e. The van der Waals surface area contributed by atoms with Gasteiger partial charge in [-0.3, -0.25) is 4.79 Å². The molecule has 0 radical (unpaired) electrons. The summed E-state index contributed by atoms with van der Waals surface area (Å²) in [6.45, 7) is 1.61. The number of hydrogen-bond donors (Lipinski definition) is 1. The number of halogens is 2. The summed E-state index contributed by atoms with van der Waals surface area (Å²) in [4.78, 5) is 21.7. The van der Waals surface area contributed by atoms with Crippen LogP contribution in [-0.2, 0) is 4.79 Å². The normalized spacial score (nSPS) is 10.0. The first-order valence-corrected chi connectivity index (χ1v) is 4.90. The van der Waals surface area contributed by atoms with Crippen LogP contribution in [-0.4, -0.2) is 30.6 Å². The number of carboxylic acid groups (broad SMARTS) is 1. The Morgan fingerprint density at radius 3 is 2.28 bits per heavy atom. The number of Topliss-reactive ketones (excluding diaryl/α,β-unsaturated/α-hetero) is 1. The van der Waals surface area contributed by atoms with Gasteiger partial charge >= 0.3 is 5.97 Å². The molecule has 0 aliphatic carbocycles. The van der Waals surface area contributed by atoms with Gasteiger partial charge in [0.25, 0.3) is 5.78 Å². The molecule has 0 aliphatic rings. The number of aliphatic carboxylic acids is 1. The van der Waals surface area contributed by atoms with Crippen LogP contribution < -0.4 is 9.47 Å². The molecule has 0 unspecified atom stereocenters.